The third-order valence-electron chi connectivity index (χ3n) is 4.10. The lowest BCUT2D eigenvalue weighted by Crippen LogP contribution is -1.93. The Morgan fingerprint density at radius 1 is 0.560 bits per heavy atom. The van der Waals surface area contributed by atoms with Gasteiger partial charge in [-0.25, -0.2) is 0 Å². The molecule has 0 aliphatic heterocycles. The van der Waals surface area contributed by atoms with Gasteiger partial charge in [0.25, 0.3) is 0 Å². The highest BCUT2D eigenvalue weighted by Crippen LogP contribution is 2.15. The highest BCUT2D eigenvalue weighted by molar-refractivity contribution is 5.73. The van der Waals surface area contributed by atoms with E-state index in [2.05, 4.69) is 72.8 Å². The van der Waals surface area contributed by atoms with Crippen molar-refractivity contribution in [3.05, 3.63) is 107 Å². The van der Waals surface area contributed by atoms with E-state index in [4.69, 9.17) is 5.11 Å². The number of aliphatic hydroxyl groups is 1. The molecule has 0 saturated heterocycles. The lowest BCUT2D eigenvalue weighted by atomic mass is 10.0. The normalized spacial score (nSPS) is 11.4. The predicted molar refractivity (Wildman–Crippen MR) is 108 cm³/mol. The van der Waals surface area contributed by atoms with Gasteiger partial charge in [0.05, 0.1) is 0 Å². The molecule has 0 heterocycles. The van der Waals surface area contributed by atoms with Crippen molar-refractivity contribution >= 4 is 24.3 Å². The van der Waals surface area contributed by atoms with Crippen LogP contribution in [-0.4, -0.2) is 11.7 Å². The molecular formula is C24H22O. The summed E-state index contributed by atoms with van der Waals surface area (Å²) in [5, 5.41) is 9.16. The molecule has 0 amide bonds. The van der Waals surface area contributed by atoms with Gasteiger partial charge in [-0.1, -0.05) is 103 Å². The summed E-state index contributed by atoms with van der Waals surface area (Å²) in [6.07, 6.45) is 9.15. The lowest BCUT2D eigenvalue weighted by molar-refractivity contribution is 0.299. The molecule has 1 N–H and O–H groups in total. The number of rotatable bonds is 6. The second-order valence-electron chi connectivity index (χ2n) is 5.92. The molecule has 0 saturated carbocycles. The molecule has 0 fully saturated rings. The van der Waals surface area contributed by atoms with Crippen LogP contribution in [-0.2, 0) is 6.42 Å². The molecule has 0 aliphatic carbocycles. The van der Waals surface area contributed by atoms with Crippen molar-refractivity contribution in [2.24, 2.45) is 0 Å². The molecule has 3 aromatic rings. The van der Waals surface area contributed by atoms with Crippen LogP contribution in [0.25, 0.3) is 24.3 Å². The lowest BCUT2D eigenvalue weighted by Gasteiger charge is -2.03. The van der Waals surface area contributed by atoms with E-state index < -0.39 is 0 Å². The van der Waals surface area contributed by atoms with Crippen molar-refractivity contribution in [2.45, 2.75) is 6.42 Å². The Bertz CT molecular complexity index is 843. The highest BCUT2D eigenvalue weighted by atomic mass is 16.2. The molecule has 1 nitrogen and oxygen atoms in total. The summed E-state index contributed by atoms with van der Waals surface area (Å²) in [6, 6.07) is 27.0. The molecule has 0 aromatic heterocycles. The maximum Gasteiger partial charge on any atom is 0.0471 e. The first kappa shape index (κ1) is 16.9. The van der Waals surface area contributed by atoms with Crippen LogP contribution in [0.15, 0.2) is 78.9 Å². The third-order valence-corrected chi connectivity index (χ3v) is 4.10. The van der Waals surface area contributed by atoms with E-state index in [1.807, 2.05) is 30.3 Å². The monoisotopic (exact) mass is 326 g/mol. The summed E-state index contributed by atoms with van der Waals surface area (Å²) in [7, 11) is 0. The minimum absolute atomic E-state index is 0.174. The van der Waals surface area contributed by atoms with E-state index in [0.717, 1.165) is 11.1 Å². The van der Waals surface area contributed by atoms with E-state index in [-0.39, 0.29) is 6.61 Å². The highest BCUT2D eigenvalue weighted by Gasteiger charge is 1.97. The van der Waals surface area contributed by atoms with Crippen LogP contribution in [0.2, 0.25) is 0 Å². The minimum atomic E-state index is 0.174. The second-order valence-corrected chi connectivity index (χ2v) is 5.92. The standard InChI is InChI=1S/C24H22O/c25-19-18-24-9-5-4-8-23(24)17-16-22-14-12-21(13-15-22)11-10-20-6-2-1-3-7-20/h1-17,25H,18-19H2/b11-10+,17-16?. The third kappa shape index (κ3) is 5.03. The molecule has 0 unspecified atom stereocenters. The summed E-state index contributed by atoms with van der Waals surface area (Å²) in [4.78, 5) is 0. The van der Waals surface area contributed by atoms with Gasteiger partial charge in [-0.2, -0.15) is 0 Å². The van der Waals surface area contributed by atoms with Crippen molar-refractivity contribution in [3.8, 4) is 0 Å². The van der Waals surface area contributed by atoms with Gasteiger partial charge in [0.15, 0.2) is 0 Å². The summed E-state index contributed by atoms with van der Waals surface area (Å²) in [5.74, 6) is 0. The zero-order valence-corrected chi connectivity index (χ0v) is 14.2. The maximum atomic E-state index is 9.16. The van der Waals surface area contributed by atoms with E-state index in [1.54, 1.807) is 0 Å². The maximum absolute atomic E-state index is 9.16. The van der Waals surface area contributed by atoms with Crippen LogP contribution in [0.5, 0.6) is 0 Å². The first-order valence-corrected chi connectivity index (χ1v) is 8.55. The van der Waals surface area contributed by atoms with Gasteiger partial charge in [-0.15, -0.1) is 0 Å². The average molecular weight is 326 g/mol. The number of hydrogen-bond acceptors (Lipinski definition) is 1. The Labute approximate surface area is 149 Å². The fraction of sp³-hybridized carbons (Fsp3) is 0.0833. The second kappa shape index (κ2) is 8.81. The Morgan fingerprint density at radius 3 is 1.72 bits per heavy atom. The fourth-order valence-electron chi connectivity index (χ4n) is 2.71. The van der Waals surface area contributed by atoms with Crippen molar-refractivity contribution in [1.82, 2.24) is 0 Å². The molecule has 25 heavy (non-hydrogen) atoms. The van der Waals surface area contributed by atoms with E-state index >= 15 is 0 Å². The molecule has 0 radical (unpaired) electrons. The van der Waals surface area contributed by atoms with Gasteiger partial charge in [0.2, 0.25) is 0 Å². The van der Waals surface area contributed by atoms with E-state index in [1.165, 1.54) is 16.7 Å². The molecule has 0 aliphatic rings. The molecule has 0 atom stereocenters. The van der Waals surface area contributed by atoms with Gasteiger partial charge >= 0.3 is 0 Å². The summed E-state index contributed by atoms with van der Waals surface area (Å²) in [6.45, 7) is 0.174. The SMILES string of the molecule is OCCc1ccccc1C=Cc1ccc(/C=C/c2ccccc2)cc1. The molecular weight excluding hydrogens is 304 g/mol. The molecule has 124 valence electrons. The van der Waals surface area contributed by atoms with Crippen LogP contribution in [0.4, 0.5) is 0 Å². The first-order chi connectivity index (χ1) is 12.3. The largest absolute Gasteiger partial charge is 0.396 e. The van der Waals surface area contributed by atoms with Gasteiger partial charge in [0.1, 0.15) is 0 Å². The van der Waals surface area contributed by atoms with Crippen LogP contribution in [0.1, 0.15) is 27.8 Å². The zero-order chi connectivity index (χ0) is 17.3. The molecule has 1 heteroatoms. The van der Waals surface area contributed by atoms with Gasteiger partial charge in [-0.3, -0.25) is 0 Å². The molecule has 3 rings (SSSR count). The zero-order valence-electron chi connectivity index (χ0n) is 14.2. The molecule has 0 bridgehead atoms. The van der Waals surface area contributed by atoms with Crippen molar-refractivity contribution in [2.75, 3.05) is 6.61 Å². The fourth-order valence-corrected chi connectivity index (χ4v) is 2.71. The molecule has 3 aromatic carbocycles. The van der Waals surface area contributed by atoms with Crippen molar-refractivity contribution in [1.29, 1.82) is 0 Å². The Morgan fingerprint density at radius 2 is 1.08 bits per heavy atom. The molecule has 0 spiro atoms. The number of hydrogen-bond donors (Lipinski definition) is 1. The predicted octanol–water partition coefficient (Wildman–Crippen LogP) is 5.56. The van der Waals surface area contributed by atoms with Crippen LogP contribution in [0, 0.1) is 0 Å². The number of benzene rings is 3. The minimum Gasteiger partial charge on any atom is -0.396 e. The van der Waals surface area contributed by atoms with Gasteiger partial charge in [0, 0.05) is 6.61 Å². The van der Waals surface area contributed by atoms with Gasteiger partial charge < -0.3 is 5.11 Å². The summed E-state index contributed by atoms with van der Waals surface area (Å²) in [5.41, 5.74) is 5.87. The van der Waals surface area contributed by atoms with Crippen LogP contribution >= 0.6 is 0 Å². The van der Waals surface area contributed by atoms with E-state index in [9.17, 15) is 0 Å². The number of aliphatic hydroxyl groups excluding tert-OH is 1. The average Bonchev–Trinajstić information content (AvgIpc) is 2.68. The smallest absolute Gasteiger partial charge is 0.0471 e. The first-order valence-electron chi connectivity index (χ1n) is 8.55. The van der Waals surface area contributed by atoms with Gasteiger partial charge in [-0.05, 0) is 34.2 Å². The van der Waals surface area contributed by atoms with Crippen molar-refractivity contribution < 1.29 is 5.11 Å². The quantitative estimate of drug-likeness (QED) is 0.588. The Hall–Kier alpha value is -2.90. The van der Waals surface area contributed by atoms with Crippen LogP contribution in [0.3, 0.4) is 0 Å². The summed E-state index contributed by atoms with van der Waals surface area (Å²) >= 11 is 0. The Balaban J connectivity index is 1.70. The van der Waals surface area contributed by atoms with Crippen molar-refractivity contribution in [3.63, 3.8) is 0 Å². The van der Waals surface area contributed by atoms with Crippen LogP contribution < -0.4 is 0 Å². The summed E-state index contributed by atoms with van der Waals surface area (Å²) < 4.78 is 0. The topological polar surface area (TPSA) is 20.2 Å². The van der Waals surface area contributed by atoms with E-state index in [0.29, 0.717) is 6.42 Å². The Kier molecular flexibility index (Phi) is 5.97.